The normalized spacial score (nSPS) is 10.6. The van der Waals surface area contributed by atoms with Crippen LogP contribution in [0.4, 0.5) is 4.39 Å². The topological polar surface area (TPSA) is 52.3 Å². The number of esters is 1. The highest BCUT2D eigenvalue weighted by atomic mass is 79.9. The number of rotatable bonds is 4. The summed E-state index contributed by atoms with van der Waals surface area (Å²) < 4.78 is 25.0. The summed E-state index contributed by atoms with van der Waals surface area (Å²) in [6.07, 6.45) is 0. The van der Waals surface area contributed by atoms with Gasteiger partial charge in [0, 0.05) is 15.6 Å². The van der Waals surface area contributed by atoms with E-state index in [1.54, 1.807) is 19.1 Å². The first-order valence-electron chi connectivity index (χ1n) is 7.18. The van der Waals surface area contributed by atoms with E-state index in [9.17, 15) is 9.18 Å². The molecule has 0 aliphatic heterocycles. The third-order valence-electron chi connectivity index (χ3n) is 3.38. The van der Waals surface area contributed by atoms with Gasteiger partial charge in [0.05, 0.1) is 0 Å². The van der Waals surface area contributed by atoms with Gasteiger partial charge in [-0.1, -0.05) is 40.2 Å². The molecule has 0 atom stereocenters. The highest BCUT2D eigenvalue weighted by Gasteiger charge is 2.20. The van der Waals surface area contributed by atoms with Crippen molar-refractivity contribution in [3.8, 4) is 11.5 Å². The average molecular weight is 390 g/mol. The van der Waals surface area contributed by atoms with Crippen LogP contribution in [0.1, 0.15) is 21.8 Å². The molecule has 2 aromatic carbocycles. The molecule has 122 valence electrons. The van der Waals surface area contributed by atoms with Gasteiger partial charge in [0.2, 0.25) is 5.89 Å². The average Bonchev–Trinajstić information content (AvgIpc) is 2.96. The second-order valence-electron chi connectivity index (χ2n) is 5.10. The summed E-state index contributed by atoms with van der Waals surface area (Å²) >= 11 is 3.18. The van der Waals surface area contributed by atoms with E-state index in [0.717, 1.165) is 5.56 Å². The molecule has 0 saturated carbocycles. The molecule has 0 bridgehead atoms. The Bertz CT molecular complexity index is 877. The van der Waals surface area contributed by atoms with Gasteiger partial charge in [-0.25, -0.2) is 14.2 Å². The summed E-state index contributed by atoms with van der Waals surface area (Å²) in [6, 6.07) is 13.8. The second kappa shape index (κ2) is 6.97. The fourth-order valence-electron chi connectivity index (χ4n) is 2.14. The first-order valence-corrected chi connectivity index (χ1v) is 7.98. The van der Waals surface area contributed by atoms with Crippen LogP contribution < -0.4 is 0 Å². The summed E-state index contributed by atoms with van der Waals surface area (Å²) in [5.74, 6) is -0.398. The van der Waals surface area contributed by atoms with E-state index < -0.39 is 11.8 Å². The first kappa shape index (κ1) is 16.4. The Morgan fingerprint density at radius 2 is 2.00 bits per heavy atom. The number of benzene rings is 2. The smallest absolute Gasteiger partial charge is 0.360 e. The molecule has 0 saturated heterocycles. The lowest BCUT2D eigenvalue weighted by molar-refractivity contribution is 0.0461. The van der Waals surface area contributed by atoms with Gasteiger partial charge in [0.25, 0.3) is 0 Å². The van der Waals surface area contributed by atoms with Gasteiger partial charge >= 0.3 is 5.97 Å². The molecule has 4 nitrogen and oxygen atoms in total. The molecule has 6 heteroatoms. The number of oxazole rings is 1. The molecule has 0 radical (unpaired) electrons. The minimum atomic E-state index is -0.652. The molecule has 1 aromatic heterocycles. The van der Waals surface area contributed by atoms with E-state index in [1.807, 2.05) is 30.3 Å². The van der Waals surface area contributed by atoms with Crippen molar-refractivity contribution in [3.05, 3.63) is 75.8 Å². The molecule has 0 amide bonds. The minimum absolute atomic E-state index is 0.0892. The molecule has 0 unspecified atom stereocenters. The van der Waals surface area contributed by atoms with Gasteiger partial charge in [0.15, 0.2) is 5.69 Å². The third-order valence-corrected chi connectivity index (χ3v) is 3.88. The lowest BCUT2D eigenvalue weighted by Crippen LogP contribution is -2.08. The van der Waals surface area contributed by atoms with Crippen LogP contribution in [-0.4, -0.2) is 11.0 Å². The number of carbonyl (C=O) groups excluding carboxylic acids is 1. The number of aromatic nitrogens is 1. The maximum Gasteiger partial charge on any atom is 0.360 e. The number of ether oxygens (including phenoxy) is 1. The Morgan fingerprint density at radius 3 is 2.71 bits per heavy atom. The highest BCUT2D eigenvalue weighted by molar-refractivity contribution is 9.10. The number of hydrogen-bond acceptors (Lipinski definition) is 4. The van der Waals surface area contributed by atoms with Crippen LogP contribution in [0.5, 0.6) is 0 Å². The van der Waals surface area contributed by atoms with Gasteiger partial charge < -0.3 is 9.15 Å². The fraction of sp³-hybridized carbons (Fsp3) is 0.111. The number of nitrogens with zero attached hydrogens (tertiary/aromatic N) is 1. The predicted octanol–water partition coefficient (Wildman–Crippen LogP) is 4.91. The molecular formula is C18H13BrFNO3. The van der Waals surface area contributed by atoms with Gasteiger partial charge in [-0.3, -0.25) is 0 Å². The lowest BCUT2D eigenvalue weighted by atomic mass is 10.2. The number of halogens is 2. The molecule has 0 fully saturated rings. The predicted molar refractivity (Wildman–Crippen MR) is 89.9 cm³/mol. The van der Waals surface area contributed by atoms with E-state index in [0.29, 0.717) is 16.1 Å². The number of aryl methyl sites for hydroxylation is 1. The van der Waals surface area contributed by atoms with Gasteiger partial charge in [0.1, 0.15) is 18.2 Å². The second-order valence-corrected chi connectivity index (χ2v) is 6.02. The zero-order chi connectivity index (χ0) is 17.1. The Morgan fingerprint density at radius 1 is 1.25 bits per heavy atom. The monoisotopic (exact) mass is 389 g/mol. The molecule has 24 heavy (non-hydrogen) atoms. The summed E-state index contributed by atoms with van der Waals surface area (Å²) in [7, 11) is 0. The van der Waals surface area contributed by atoms with E-state index in [4.69, 9.17) is 9.15 Å². The van der Waals surface area contributed by atoms with E-state index >= 15 is 0 Å². The molecule has 3 rings (SSSR count). The Hall–Kier alpha value is -2.47. The summed E-state index contributed by atoms with van der Waals surface area (Å²) in [4.78, 5) is 16.4. The molecule has 3 aromatic rings. The Balaban J connectivity index is 1.75. The van der Waals surface area contributed by atoms with Gasteiger partial charge in [-0.2, -0.15) is 0 Å². The van der Waals surface area contributed by atoms with Crippen molar-refractivity contribution in [2.24, 2.45) is 0 Å². The molecular weight excluding hydrogens is 377 g/mol. The largest absolute Gasteiger partial charge is 0.456 e. The standard InChI is InChI=1S/C18H13BrFNO3/c1-11-16(21-17(24-11)12-5-3-2-4-6-12)18(22)23-10-13-7-8-14(19)9-15(13)20/h2-9H,10H2,1H3. The zero-order valence-corrected chi connectivity index (χ0v) is 14.3. The van der Waals surface area contributed by atoms with Crippen LogP contribution in [0.15, 0.2) is 57.4 Å². The minimum Gasteiger partial charge on any atom is -0.456 e. The summed E-state index contributed by atoms with van der Waals surface area (Å²) in [6.45, 7) is 1.46. The van der Waals surface area contributed by atoms with Crippen molar-refractivity contribution in [3.63, 3.8) is 0 Å². The van der Waals surface area contributed by atoms with Crippen molar-refractivity contribution in [2.75, 3.05) is 0 Å². The SMILES string of the molecule is Cc1oc(-c2ccccc2)nc1C(=O)OCc1ccc(Br)cc1F. The molecule has 0 spiro atoms. The van der Waals surface area contributed by atoms with Crippen LogP contribution in [0.3, 0.4) is 0 Å². The van der Waals surface area contributed by atoms with E-state index in [1.165, 1.54) is 6.07 Å². The van der Waals surface area contributed by atoms with Crippen LogP contribution in [0, 0.1) is 12.7 Å². The first-order chi connectivity index (χ1) is 11.5. The van der Waals surface area contributed by atoms with Gasteiger partial charge in [-0.05, 0) is 31.2 Å². The van der Waals surface area contributed by atoms with Crippen LogP contribution >= 0.6 is 15.9 Å². The van der Waals surface area contributed by atoms with Gasteiger partial charge in [-0.15, -0.1) is 0 Å². The maximum absolute atomic E-state index is 13.8. The van der Waals surface area contributed by atoms with Crippen LogP contribution in [0.25, 0.3) is 11.5 Å². The summed E-state index contributed by atoms with van der Waals surface area (Å²) in [5.41, 5.74) is 1.14. The Kier molecular flexibility index (Phi) is 4.76. The molecule has 0 aliphatic rings. The number of carbonyl (C=O) groups is 1. The quantitative estimate of drug-likeness (QED) is 0.594. The van der Waals surface area contributed by atoms with Crippen molar-refractivity contribution in [1.29, 1.82) is 0 Å². The zero-order valence-electron chi connectivity index (χ0n) is 12.8. The number of hydrogen-bond donors (Lipinski definition) is 0. The third kappa shape index (κ3) is 3.54. The lowest BCUT2D eigenvalue weighted by Gasteiger charge is -2.05. The molecule has 0 aliphatic carbocycles. The van der Waals surface area contributed by atoms with E-state index in [-0.39, 0.29) is 17.9 Å². The van der Waals surface area contributed by atoms with Crippen molar-refractivity contribution >= 4 is 21.9 Å². The van der Waals surface area contributed by atoms with Crippen molar-refractivity contribution < 1.29 is 18.3 Å². The molecule has 1 heterocycles. The fourth-order valence-corrected chi connectivity index (χ4v) is 2.47. The van der Waals surface area contributed by atoms with Crippen molar-refractivity contribution in [2.45, 2.75) is 13.5 Å². The molecule has 0 N–H and O–H groups in total. The Labute approximate surface area is 146 Å². The highest BCUT2D eigenvalue weighted by Crippen LogP contribution is 2.22. The van der Waals surface area contributed by atoms with E-state index in [2.05, 4.69) is 20.9 Å². The van der Waals surface area contributed by atoms with Crippen molar-refractivity contribution in [1.82, 2.24) is 4.98 Å². The van der Waals surface area contributed by atoms with Crippen LogP contribution in [-0.2, 0) is 11.3 Å². The summed E-state index contributed by atoms with van der Waals surface area (Å²) in [5, 5.41) is 0. The van der Waals surface area contributed by atoms with Crippen LogP contribution in [0.2, 0.25) is 0 Å². The maximum atomic E-state index is 13.8.